The summed E-state index contributed by atoms with van der Waals surface area (Å²) in [6.45, 7) is 5.13. The molecule has 0 amide bonds. The number of fused-ring (bicyclic) bond motifs is 1. The Morgan fingerprint density at radius 2 is 2.14 bits per heavy atom. The van der Waals surface area contributed by atoms with Crippen molar-refractivity contribution in [1.29, 1.82) is 0 Å². The maximum atomic E-state index is 12.6. The van der Waals surface area contributed by atoms with Gasteiger partial charge in [-0.05, 0) is 30.2 Å². The Bertz CT molecular complexity index is 790. The summed E-state index contributed by atoms with van der Waals surface area (Å²) in [4.78, 5) is 24.1. The van der Waals surface area contributed by atoms with Crippen molar-refractivity contribution in [3.05, 3.63) is 54.0 Å². The van der Waals surface area contributed by atoms with E-state index in [0.29, 0.717) is 22.7 Å². The first kappa shape index (κ1) is 14.3. The number of anilines is 1. The molecule has 0 saturated carbocycles. The van der Waals surface area contributed by atoms with Gasteiger partial charge in [-0.3, -0.25) is 4.79 Å². The van der Waals surface area contributed by atoms with Crippen molar-refractivity contribution in [2.24, 2.45) is 5.92 Å². The molecule has 112 valence electrons. The zero-order valence-electron chi connectivity index (χ0n) is 12.6. The highest BCUT2D eigenvalue weighted by molar-refractivity contribution is 6.15. The average molecular weight is 294 g/mol. The van der Waals surface area contributed by atoms with Gasteiger partial charge < -0.3 is 10.3 Å². The number of rotatable bonds is 5. The zero-order chi connectivity index (χ0) is 15.5. The van der Waals surface area contributed by atoms with Crippen LogP contribution in [0.3, 0.4) is 0 Å². The molecule has 0 spiro atoms. The van der Waals surface area contributed by atoms with E-state index in [1.807, 2.05) is 18.2 Å². The number of nitrogens with zero attached hydrogens (tertiary/aromatic N) is 2. The van der Waals surface area contributed by atoms with E-state index in [2.05, 4.69) is 34.1 Å². The highest BCUT2D eigenvalue weighted by atomic mass is 16.1. The summed E-state index contributed by atoms with van der Waals surface area (Å²) >= 11 is 0. The molecule has 0 unspecified atom stereocenters. The van der Waals surface area contributed by atoms with E-state index in [1.54, 1.807) is 24.7 Å². The molecule has 5 heteroatoms. The smallest absolute Gasteiger partial charge is 0.196 e. The highest BCUT2D eigenvalue weighted by Crippen LogP contribution is 2.19. The molecular formula is C17H18N4O. The molecule has 0 aliphatic carbocycles. The normalized spacial score (nSPS) is 11.0. The van der Waals surface area contributed by atoms with Gasteiger partial charge in [0.25, 0.3) is 0 Å². The summed E-state index contributed by atoms with van der Waals surface area (Å²) < 4.78 is 0. The monoisotopic (exact) mass is 294 g/mol. The molecule has 0 fully saturated rings. The molecule has 0 saturated heterocycles. The molecular weight excluding hydrogens is 276 g/mol. The second-order valence-electron chi connectivity index (χ2n) is 5.64. The van der Waals surface area contributed by atoms with Crippen molar-refractivity contribution in [3.8, 4) is 0 Å². The number of hydrogen-bond donors (Lipinski definition) is 2. The van der Waals surface area contributed by atoms with Crippen LogP contribution in [0, 0.1) is 5.92 Å². The summed E-state index contributed by atoms with van der Waals surface area (Å²) in [7, 11) is 0. The number of aromatic amines is 1. The number of carbonyl (C=O) groups excluding carboxylic acids is 1. The second-order valence-corrected chi connectivity index (χ2v) is 5.64. The molecule has 3 rings (SSSR count). The first-order chi connectivity index (χ1) is 10.6. The SMILES string of the molecule is CC(C)CNc1ccc(C(=O)c2c[nH]c3ncccc23)cn1. The lowest BCUT2D eigenvalue weighted by molar-refractivity contribution is 0.104. The van der Waals surface area contributed by atoms with Gasteiger partial charge in [-0.15, -0.1) is 0 Å². The van der Waals surface area contributed by atoms with Crippen LogP contribution in [0.4, 0.5) is 5.82 Å². The molecule has 0 bridgehead atoms. The minimum absolute atomic E-state index is 0.0536. The summed E-state index contributed by atoms with van der Waals surface area (Å²) in [6.07, 6.45) is 5.01. The van der Waals surface area contributed by atoms with E-state index >= 15 is 0 Å². The third kappa shape index (κ3) is 2.83. The molecule has 3 aromatic rings. The quantitative estimate of drug-likeness (QED) is 0.709. The Kier molecular flexibility index (Phi) is 3.87. The average Bonchev–Trinajstić information content (AvgIpc) is 2.97. The fourth-order valence-corrected chi connectivity index (χ4v) is 2.24. The first-order valence-electron chi connectivity index (χ1n) is 7.32. The van der Waals surface area contributed by atoms with Gasteiger partial charge >= 0.3 is 0 Å². The predicted molar refractivity (Wildman–Crippen MR) is 87.1 cm³/mol. The van der Waals surface area contributed by atoms with Crippen molar-refractivity contribution in [3.63, 3.8) is 0 Å². The van der Waals surface area contributed by atoms with E-state index in [9.17, 15) is 4.79 Å². The number of nitrogens with one attached hydrogen (secondary N) is 2. The fourth-order valence-electron chi connectivity index (χ4n) is 2.24. The largest absolute Gasteiger partial charge is 0.370 e. The summed E-state index contributed by atoms with van der Waals surface area (Å²) in [5.41, 5.74) is 1.90. The standard InChI is InChI=1S/C17H18N4O/c1-11(2)8-19-15-6-5-12(9-20-15)16(22)14-10-21-17-13(14)4-3-7-18-17/h3-7,9-11H,8H2,1-2H3,(H,18,21)(H,19,20). The van der Waals surface area contributed by atoms with Crippen LogP contribution in [0.25, 0.3) is 11.0 Å². The second kappa shape index (κ2) is 5.97. The Morgan fingerprint density at radius 1 is 1.27 bits per heavy atom. The number of pyridine rings is 2. The lowest BCUT2D eigenvalue weighted by Crippen LogP contribution is -2.09. The van der Waals surface area contributed by atoms with Crippen LogP contribution in [-0.2, 0) is 0 Å². The minimum atomic E-state index is -0.0536. The Labute approximate surface area is 128 Å². The van der Waals surface area contributed by atoms with Gasteiger partial charge in [-0.1, -0.05) is 13.8 Å². The maximum Gasteiger partial charge on any atom is 0.196 e. The molecule has 0 aromatic carbocycles. The Hall–Kier alpha value is -2.69. The molecule has 0 atom stereocenters. The lowest BCUT2D eigenvalue weighted by Gasteiger charge is -2.08. The minimum Gasteiger partial charge on any atom is -0.370 e. The van der Waals surface area contributed by atoms with E-state index in [-0.39, 0.29) is 5.78 Å². The number of aromatic nitrogens is 3. The summed E-state index contributed by atoms with van der Waals surface area (Å²) in [6, 6.07) is 7.35. The van der Waals surface area contributed by atoms with Crippen molar-refractivity contribution >= 4 is 22.6 Å². The van der Waals surface area contributed by atoms with Crippen LogP contribution in [0.5, 0.6) is 0 Å². The molecule has 3 heterocycles. The van der Waals surface area contributed by atoms with Crippen LogP contribution >= 0.6 is 0 Å². The third-order valence-corrected chi connectivity index (χ3v) is 3.41. The maximum absolute atomic E-state index is 12.6. The zero-order valence-corrected chi connectivity index (χ0v) is 12.6. The first-order valence-corrected chi connectivity index (χ1v) is 7.32. The summed E-state index contributed by atoms with van der Waals surface area (Å²) in [5.74, 6) is 1.27. The van der Waals surface area contributed by atoms with Gasteiger partial charge in [0.05, 0.1) is 0 Å². The molecule has 22 heavy (non-hydrogen) atoms. The Morgan fingerprint density at radius 3 is 2.86 bits per heavy atom. The fraction of sp³-hybridized carbons (Fsp3) is 0.235. The molecule has 0 radical (unpaired) electrons. The van der Waals surface area contributed by atoms with E-state index in [4.69, 9.17) is 0 Å². The molecule has 0 aliphatic heterocycles. The third-order valence-electron chi connectivity index (χ3n) is 3.41. The van der Waals surface area contributed by atoms with Crippen molar-refractivity contribution < 1.29 is 4.79 Å². The van der Waals surface area contributed by atoms with E-state index < -0.39 is 0 Å². The van der Waals surface area contributed by atoms with Crippen LogP contribution in [0.1, 0.15) is 29.8 Å². The molecule has 3 aromatic heterocycles. The van der Waals surface area contributed by atoms with Gasteiger partial charge in [-0.25, -0.2) is 9.97 Å². The highest BCUT2D eigenvalue weighted by Gasteiger charge is 2.14. The topological polar surface area (TPSA) is 70.7 Å². The molecule has 2 N–H and O–H groups in total. The van der Waals surface area contributed by atoms with Crippen LogP contribution in [0.15, 0.2) is 42.9 Å². The van der Waals surface area contributed by atoms with Gasteiger partial charge in [0, 0.05) is 41.6 Å². The number of ketones is 1. The van der Waals surface area contributed by atoms with E-state index in [0.717, 1.165) is 17.7 Å². The van der Waals surface area contributed by atoms with Crippen LogP contribution in [0.2, 0.25) is 0 Å². The lowest BCUT2D eigenvalue weighted by atomic mass is 10.1. The van der Waals surface area contributed by atoms with Crippen molar-refractivity contribution in [2.45, 2.75) is 13.8 Å². The number of hydrogen-bond acceptors (Lipinski definition) is 4. The van der Waals surface area contributed by atoms with Gasteiger partial charge in [0.2, 0.25) is 0 Å². The van der Waals surface area contributed by atoms with Crippen molar-refractivity contribution in [1.82, 2.24) is 15.0 Å². The summed E-state index contributed by atoms with van der Waals surface area (Å²) in [5, 5.41) is 4.06. The number of carbonyl (C=O) groups is 1. The molecule has 0 aliphatic rings. The predicted octanol–water partition coefficient (Wildman–Crippen LogP) is 3.26. The van der Waals surface area contributed by atoms with Gasteiger partial charge in [0.15, 0.2) is 5.78 Å². The number of H-pyrrole nitrogens is 1. The van der Waals surface area contributed by atoms with Gasteiger partial charge in [-0.2, -0.15) is 0 Å². The van der Waals surface area contributed by atoms with E-state index in [1.165, 1.54) is 0 Å². The van der Waals surface area contributed by atoms with Crippen LogP contribution in [-0.4, -0.2) is 27.3 Å². The van der Waals surface area contributed by atoms with Gasteiger partial charge in [0.1, 0.15) is 11.5 Å². The van der Waals surface area contributed by atoms with Crippen molar-refractivity contribution in [2.75, 3.05) is 11.9 Å². The molecule has 5 nitrogen and oxygen atoms in total. The van der Waals surface area contributed by atoms with Crippen LogP contribution < -0.4 is 5.32 Å². The Balaban J connectivity index is 1.83.